The molecule has 11 nitrogen and oxygen atoms in total. The maximum atomic E-state index is 12.4. The Hall–Kier alpha value is -2.74. The van der Waals surface area contributed by atoms with Crippen molar-refractivity contribution in [3.63, 3.8) is 0 Å². The Labute approximate surface area is 175 Å². The number of amides is 1. The molecule has 1 aliphatic rings. The Balaban J connectivity index is 1.60. The molecule has 2 aromatic heterocycles. The van der Waals surface area contributed by atoms with E-state index in [0.29, 0.717) is 37.6 Å². The van der Waals surface area contributed by atoms with E-state index < -0.39 is 10.0 Å². The van der Waals surface area contributed by atoms with Gasteiger partial charge in [-0.3, -0.25) is 9.59 Å². The molecule has 3 aromatic rings. The van der Waals surface area contributed by atoms with Gasteiger partial charge in [0.1, 0.15) is 5.39 Å². The van der Waals surface area contributed by atoms with Gasteiger partial charge in [0, 0.05) is 13.1 Å². The van der Waals surface area contributed by atoms with Crippen LogP contribution in [0.25, 0.3) is 16.7 Å². The SMILES string of the molecule is NS(=O)(=O)c1ccc(-n2ncc3c(=O)[nH]c(SCC(=O)N4CCOCC4)nc32)cc1. The third-order valence-electron chi connectivity index (χ3n) is 4.52. The van der Waals surface area contributed by atoms with Crippen LogP contribution in [0.5, 0.6) is 0 Å². The number of nitrogens with two attached hydrogens (primary N) is 1. The van der Waals surface area contributed by atoms with Crippen molar-refractivity contribution in [2.24, 2.45) is 5.14 Å². The molecule has 1 saturated heterocycles. The number of thioether (sulfide) groups is 1. The van der Waals surface area contributed by atoms with E-state index in [1.54, 1.807) is 4.90 Å². The first-order valence-electron chi connectivity index (χ1n) is 8.92. The summed E-state index contributed by atoms with van der Waals surface area (Å²) < 4.78 is 29.5. The third kappa shape index (κ3) is 4.23. The van der Waals surface area contributed by atoms with Crippen LogP contribution in [0.1, 0.15) is 0 Å². The number of aromatic nitrogens is 4. The van der Waals surface area contributed by atoms with Crippen molar-refractivity contribution in [3.8, 4) is 5.69 Å². The smallest absolute Gasteiger partial charge is 0.262 e. The number of H-pyrrole nitrogens is 1. The zero-order valence-electron chi connectivity index (χ0n) is 15.6. The van der Waals surface area contributed by atoms with Crippen LogP contribution in [-0.4, -0.2) is 71.0 Å². The minimum atomic E-state index is -3.82. The molecule has 0 aliphatic carbocycles. The molecule has 3 heterocycles. The van der Waals surface area contributed by atoms with E-state index in [4.69, 9.17) is 9.88 Å². The summed E-state index contributed by atoms with van der Waals surface area (Å²) in [6.45, 7) is 2.12. The van der Waals surface area contributed by atoms with Gasteiger partial charge in [0.25, 0.3) is 5.56 Å². The van der Waals surface area contributed by atoms with Gasteiger partial charge in [-0.1, -0.05) is 11.8 Å². The molecule has 0 unspecified atom stereocenters. The lowest BCUT2D eigenvalue weighted by atomic mass is 10.3. The molecule has 0 spiro atoms. The Morgan fingerprint density at radius 2 is 1.93 bits per heavy atom. The molecule has 0 saturated carbocycles. The molecule has 1 aliphatic heterocycles. The highest BCUT2D eigenvalue weighted by Crippen LogP contribution is 2.19. The van der Waals surface area contributed by atoms with Gasteiger partial charge in [-0.2, -0.15) is 5.10 Å². The summed E-state index contributed by atoms with van der Waals surface area (Å²) in [6, 6.07) is 5.73. The summed E-state index contributed by atoms with van der Waals surface area (Å²) in [7, 11) is -3.82. The van der Waals surface area contributed by atoms with Gasteiger partial charge in [0.05, 0.1) is 35.7 Å². The van der Waals surface area contributed by atoms with E-state index in [9.17, 15) is 18.0 Å². The van der Waals surface area contributed by atoms with Gasteiger partial charge in [-0.05, 0) is 24.3 Å². The van der Waals surface area contributed by atoms with Crippen molar-refractivity contribution in [1.29, 1.82) is 0 Å². The van der Waals surface area contributed by atoms with Gasteiger partial charge in [-0.15, -0.1) is 0 Å². The molecule has 13 heteroatoms. The highest BCUT2D eigenvalue weighted by atomic mass is 32.2. The van der Waals surface area contributed by atoms with Crippen molar-refractivity contribution >= 4 is 38.7 Å². The number of nitrogens with one attached hydrogen (secondary N) is 1. The Bertz CT molecular complexity index is 1250. The number of hydrogen-bond acceptors (Lipinski definition) is 8. The third-order valence-corrected chi connectivity index (χ3v) is 6.31. The molecule has 0 bridgehead atoms. The molecule has 30 heavy (non-hydrogen) atoms. The number of primary sulfonamides is 1. The first kappa shape index (κ1) is 20.5. The summed E-state index contributed by atoms with van der Waals surface area (Å²) in [5.41, 5.74) is 0.424. The van der Waals surface area contributed by atoms with Crippen LogP contribution in [0.15, 0.2) is 45.3 Å². The van der Waals surface area contributed by atoms with Crippen LogP contribution >= 0.6 is 11.8 Å². The lowest BCUT2D eigenvalue weighted by Crippen LogP contribution is -2.41. The second-order valence-electron chi connectivity index (χ2n) is 6.49. The van der Waals surface area contributed by atoms with Crippen molar-refractivity contribution in [1.82, 2.24) is 24.6 Å². The number of sulfonamides is 1. The summed E-state index contributed by atoms with van der Waals surface area (Å²) in [5, 5.41) is 9.86. The van der Waals surface area contributed by atoms with E-state index in [0.717, 1.165) is 11.8 Å². The van der Waals surface area contributed by atoms with Gasteiger partial charge in [-0.25, -0.2) is 23.2 Å². The summed E-state index contributed by atoms with van der Waals surface area (Å²) >= 11 is 1.13. The van der Waals surface area contributed by atoms with Gasteiger partial charge in [0.2, 0.25) is 15.9 Å². The Kier molecular flexibility index (Phi) is 5.60. The highest BCUT2D eigenvalue weighted by molar-refractivity contribution is 7.99. The maximum absolute atomic E-state index is 12.4. The first-order chi connectivity index (χ1) is 14.3. The van der Waals surface area contributed by atoms with Crippen molar-refractivity contribution in [2.45, 2.75) is 10.1 Å². The monoisotopic (exact) mass is 450 g/mol. The average Bonchev–Trinajstić information content (AvgIpc) is 3.17. The molecule has 1 fully saturated rings. The minimum absolute atomic E-state index is 0.0358. The number of nitrogens with zero attached hydrogens (tertiary/aromatic N) is 4. The fraction of sp³-hybridized carbons (Fsp3) is 0.294. The molecule has 3 N–H and O–H groups in total. The summed E-state index contributed by atoms with van der Waals surface area (Å²) in [4.78, 5) is 33.5. The summed E-state index contributed by atoms with van der Waals surface area (Å²) in [6.07, 6.45) is 1.38. The molecule has 1 amide bonds. The van der Waals surface area contributed by atoms with Crippen LogP contribution in [-0.2, 0) is 19.6 Å². The Morgan fingerprint density at radius 3 is 2.60 bits per heavy atom. The van der Waals surface area contributed by atoms with E-state index in [2.05, 4.69) is 15.1 Å². The predicted molar refractivity (Wildman–Crippen MR) is 109 cm³/mol. The number of hydrogen-bond donors (Lipinski definition) is 2. The fourth-order valence-electron chi connectivity index (χ4n) is 2.97. The maximum Gasteiger partial charge on any atom is 0.262 e. The number of fused-ring (bicyclic) bond motifs is 1. The average molecular weight is 451 g/mol. The second kappa shape index (κ2) is 8.18. The van der Waals surface area contributed by atoms with E-state index in [1.807, 2.05) is 0 Å². The van der Waals surface area contributed by atoms with Crippen LogP contribution < -0.4 is 10.7 Å². The topological polar surface area (TPSA) is 153 Å². The largest absolute Gasteiger partial charge is 0.378 e. The van der Waals surface area contributed by atoms with E-state index >= 15 is 0 Å². The van der Waals surface area contributed by atoms with Crippen LogP contribution in [0, 0.1) is 0 Å². The van der Waals surface area contributed by atoms with Gasteiger partial charge < -0.3 is 14.6 Å². The number of carbonyl (C=O) groups excluding carboxylic acids is 1. The number of benzene rings is 1. The lowest BCUT2D eigenvalue weighted by Gasteiger charge is -2.26. The standard InChI is InChI=1S/C17H18N6O5S2/c18-30(26,27)12-3-1-11(2-4-12)23-15-13(9-19-23)16(25)21-17(20-15)29-10-14(24)22-5-7-28-8-6-22/h1-4,9H,5-8,10H2,(H2,18,26,27)(H,20,21,25). The molecular formula is C17H18N6O5S2. The quantitative estimate of drug-likeness (QED) is 0.397. The zero-order chi connectivity index (χ0) is 21.3. The van der Waals surface area contributed by atoms with Crippen LogP contribution in [0.2, 0.25) is 0 Å². The number of carbonyl (C=O) groups is 1. The molecule has 0 atom stereocenters. The predicted octanol–water partition coefficient (Wildman–Crippen LogP) is -0.293. The molecule has 4 rings (SSSR count). The minimum Gasteiger partial charge on any atom is -0.378 e. The van der Waals surface area contributed by atoms with Crippen molar-refractivity contribution < 1.29 is 17.9 Å². The van der Waals surface area contributed by atoms with Crippen molar-refractivity contribution in [2.75, 3.05) is 32.1 Å². The number of rotatable bonds is 5. The molecule has 1 aromatic carbocycles. The Morgan fingerprint density at radius 1 is 1.23 bits per heavy atom. The fourth-order valence-corrected chi connectivity index (χ4v) is 4.24. The van der Waals surface area contributed by atoms with Crippen LogP contribution in [0.3, 0.4) is 0 Å². The number of aromatic amines is 1. The molecular weight excluding hydrogens is 432 g/mol. The van der Waals surface area contributed by atoms with Crippen LogP contribution in [0.4, 0.5) is 0 Å². The lowest BCUT2D eigenvalue weighted by molar-refractivity contribution is -0.132. The highest BCUT2D eigenvalue weighted by Gasteiger charge is 2.18. The first-order valence-corrected chi connectivity index (χ1v) is 11.5. The molecule has 0 radical (unpaired) electrons. The van der Waals surface area contributed by atoms with E-state index in [-0.39, 0.29) is 32.7 Å². The molecule has 158 valence electrons. The van der Waals surface area contributed by atoms with E-state index in [1.165, 1.54) is 35.1 Å². The second-order valence-corrected chi connectivity index (χ2v) is 9.01. The normalized spacial score (nSPS) is 14.9. The van der Waals surface area contributed by atoms with Gasteiger partial charge >= 0.3 is 0 Å². The summed E-state index contributed by atoms with van der Waals surface area (Å²) in [5.74, 6) is 0.0733. The number of morpholine rings is 1. The van der Waals surface area contributed by atoms with Crippen molar-refractivity contribution in [3.05, 3.63) is 40.8 Å². The van der Waals surface area contributed by atoms with Gasteiger partial charge in [0.15, 0.2) is 10.8 Å². The number of ether oxygens (including phenoxy) is 1. The zero-order valence-corrected chi connectivity index (χ0v) is 17.3.